The molecule has 7 atom stereocenters. The van der Waals surface area contributed by atoms with Crippen molar-refractivity contribution in [2.75, 3.05) is 0 Å². The van der Waals surface area contributed by atoms with Crippen molar-refractivity contribution in [3.8, 4) is 0 Å². The van der Waals surface area contributed by atoms with Crippen molar-refractivity contribution in [1.82, 2.24) is 0 Å². The van der Waals surface area contributed by atoms with Crippen molar-refractivity contribution in [3.05, 3.63) is 11.1 Å². The standard InChI is InChI=1S/C30H50O/c1-25(2)13-14-27(5)15-17-29(7)22-11-9-20-21(10-12-24(31)26(20,3)4)28(22,6)16-18-30(29,8)23(27)19-25/h22-24,31H,9-19H2,1-8H3/t22-,23+,24-,27-,28-,29+,30-/m0/s1. The van der Waals surface area contributed by atoms with Crippen LogP contribution in [0.2, 0.25) is 0 Å². The van der Waals surface area contributed by atoms with Gasteiger partial charge in [-0.2, -0.15) is 0 Å². The molecule has 0 spiro atoms. The van der Waals surface area contributed by atoms with Crippen LogP contribution in [-0.4, -0.2) is 11.2 Å². The largest absolute Gasteiger partial charge is 0.392 e. The molecular weight excluding hydrogens is 376 g/mol. The fraction of sp³-hybridized carbons (Fsp3) is 0.933. The Morgan fingerprint density at radius 1 is 0.645 bits per heavy atom. The van der Waals surface area contributed by atoms with Gasteiger partial charge in [-0.15, -0.1) is 0 Å². The van der Waals surface area contributed by atoms with Crippen LogP contribution in [0.4, 0.5) is 0 Å². The third-order valence-corrected chi connectivity index (χ3v) is 13.0. The highest BCUT2D eigenvalue weighted by atomic mass is 16.3. The fourth-order valence-electron chi connectivity index (χ4n) is 10.4. The maximum absolute atomic E-state index is 10.8. The molecule has 0 unspecified atom stereocenters. The molecule has 3 fully saturated rings. The van der Waals surface area contributed by atoms with Gasteiger partial charge < -0.3 is 5.11 Å². The van der Waals surface area contributed by atoms with E-state index in [1.807, 2.05) is 0 Å². The molecule has 0 radical (unpaired) electrons. The van der Waals surface area contributed by atoms with Crippen molar-refractivity contribution >= 4 is 0 Å². The normalized spacial score (nSPS) is 53.1. The van der Waals surface area contributed by atoms with Gasteiger partial charge >= 0.3 is 0 Å². The average molecular weight is 427 g/mol. The van der Waals surface area contributed by atoms with E-state index < -0.39 is 0 Å². The molecule has 176 valence electrons. The maximum Gasteiger partial charge on any atom is 0.0631 e. The zero-order valence-corrected chi connectivity index (χ0v) is 22.0. The molecule has 0 saturated heterocycles. The highest BCUT2D eigenvalue weighted by Gasteiger charge is 2.68. The van der Waals surface area contributed by atoms with Gasteiger partial charge in [0.25, 0.3) is 0 Å². The summed E-state index contributed by atoms with van der Waals surface area (Å²) in [4.78, 5) is 0. The van der Waals surface area contributed by atoms with Crippen molar-refractivity contribution in [3.63, 3.8) is 0 Å². The van der Waals surface area contributed by atoms with Gasteiger partial charge in [0.05, 0.1) is 6.10 Å². The Morgan fingerprint density at radius 2 is 1.23 bits per heavy atom. The van der Waals surface area contributed by atoms with E-state index in [1.54, 1.807) is 11.1 Å². The Morgan fingerprint density at radius 3 is 1.94 bits per heavy atom. The van der Waals surface area contributed by atoms with E-state index in [9.17, 15) is 5.11 Å². The number of fused-ring (bicyclic) bond motifs is 6. The molecule has 3 saturated carbocycles. The molecule has 5 aliphatic carbocycles. The van der Waals surface area contributed by atoms with Crippen LogP contribution in [0.5, 0.6) is 0 Å². The lowest BCUT2D eigenvalue weighted by molar-refractivity contribution is -0.218. The average Bonchev–Trinajstić information content (AvgIpc) is 2.68. The van der Waals surface area contributed by atoms with E-state index in [1.165, 1.54) is 57.8 Å². The van der Waals surface area contributed by atoms with Crippen LogP contribution >= 0.6 is 0 Å². The Balaban J connectivity index is 1.58. The van der Waals surface area contributed by atoms with Gasteiger partial charge in [0.1, 0.15) is 0 Å². The van der Waals surface area contributed by atoms with Crippen molar-refractivity contribution in [1.29, 1.82) is 0 Å². The summed E-state index contributed by atoms with van der Waals surface area (Å²) in [6.45, 7) is 20.5. The molecule has 0 heterocycles. The zero-order valence-electron chi connectivity index (χ0n) is 22.0. The molecule has 0 amide bonds. The monoisotopic (exact) mass is 426 g/mol. The molecule has 0 aromatic rings. The second kappa shape index (κ2) is 6.43. The Hall–Kier alpha value is -0.300. The fourth-order valence-corrected chi connectivity index (χ4v) is 10.4. The molecule has 5 aliphatic rings. The first-order valence-corrected chi connectivity index (χ1v) is 13.6. The number of aliphatic hydroxyl groups is 1. The number of aliphatic hydroxyl groups excluding tert-OH is 1. The predicted octanol–water partition coefficient (Wildman–Crippen LogP) is 8.31. The number of rotatable bonds is 0. The summed E-state index contributed by atoms with van der Waals surface area (Å²) in [5.74, 6) is 1.70. The third-order valence-electron chi connectivity index (χ3n) is 13.0. The predicted molar refractivity (Wildman–Crippen MR) is 131 cm³/mol. The van der Waals surface area contributed by atoms with Crippen LogP contribution in [0.1, 0.15) is 126 Å². The molecule has 1 heteroatoms. The number of hydrogen-bond donors (Lipinski definition) is 1. The van der Waals surface area contributed by atoms with E-state index in [-0.39, 0.29) is 11.5 Å². The van der Waals surface area contributed by atoms with Crippen LogP contribution in [0, 0.1) is 44.3 Å². The minimum atomic E-state index is -0.157. The molecule has 5 rings (SSSR count). The van der Waals surface area contributed by atoms with Gasteiger partial charge in [0.15, 0.2) is 0 Å². The summed E-state index contributed by atoms with van der Waals surface area (Å²) >= 11 is 0. The van der Waals surface area contributed by atoms with Gasteiger partial charge in [-0.05, 0) is 110 Å². The van der Waals surface area contributed by atoms with E-state index in [0.717, 1.165) is 24.7 Å². The van der Waals surface area contributed by atoms with Gasteiger partial charge in [-0.1, -0.05) is 66.5 Å². The van der Waals surface area contributed by atoms with Crippen molar-refractivity contribution < 1.29 is 5.11 Å². The van der Waals surface area contributed by atoms with Crippen LogP contribution in [-0.2, 0) is 0 Å². The minimum Gasteiger partial charge on any atom is -0.392 e. The summed E-state index contributed by atoms with van der Waals surface area (Å²) in [6, 6.07) is 0. The molecular formula is C30H50O. The maximum atomic E-state index is 10.8. The first-order valence-electron chi connectivity index (χ1n) is 13.6. The third kappa shape index (κ3) is 2.77. The van der Waals surface area contributed by atoms with E-state index >= 15 is 0 Å². The molecule has 0 aromatic heterocycles. The summed E-state index contributed by atoms with van der Waals surface area (Å²) in [7, 11) is 0. The van der Waals surface area contributed by atoms with E-state index in [0.29, 0.717) is 27.1 Å². The lowest BCUT2D eigenvalue weighted by atomic mass is 9.32. The molecule has 0 bridgehead atoms. The van der Waals surface area contributed by atoms with Crippen molar-refractivity contribution in [2.24, 2.45) is 44.3 Å². The Labute approximate surface area is 192 Å². The zero-order chi connectivity index (χ0) is 22.7. The van der Waals surface area contributed by atoms with Gasteiger partial charge in [0, 0.05) is 5.41 Å². The first kappa shape index (κ1) is 22.5. The van der Waals surface area contributed by atoms with Gasteiger partial charge in [-0.3, -0.25) is 0 Å². The lowest BCUT2D eigenvalue weighted by Gasteiger charge is -2.72. The molecule has 0 aromatic carbocycles. The quantitative estimate of drug-likeness (QED) is 0.386. The molecule has 1 nitrogen and oxygen atoms in total. The van der Waals surface area contributed by atoms with Gasteiger partial charge in [0.2, 0.25) is 0 Å². The number of allylic oxidation sites excluding steroid dienone is 1. The lowest BCUT2D eigenvalue weighted by Crippen LogP contribution is -2.64. The molecule has 1 N–H and O–H groups in total. The molecule has 31 heavy (non-hydrogen) atoms. The first-order chi connectivity index (χ1) is 14.2. The second-order valence-electron chi connectivity index (χ2n) is 15.2. The summed E-state index contributed by atoms with van der Waals surface area (Å²) < 4.78 is 0. The topological polar surface area (TPSA) is 20.2 Å². The Kier molecular flexibility index (Phi) is 4.66. The molecule has 0 aliphatic heterocycles. The smallest absolute Gasteiger partial charge is 0.0631 e. The van der Waals surface area contributed by atoms with Gasteiger partial charge in [-0.25, -0.2) is 0 Å². The summed E-state index contributed by atoms with van der Waals surface area (Å²) in [5.41, 5.74) is 5.78. The Bertz CT molecular complexity index is 803. The van der Waals surface area contributed by atoms with Crippen LogP contribution in [0.3, 0.4) is 0 Å². The number of hydrogen-bond acceptors (Lipinski definition) is 1. The van der Waals surface area contributed by atoms with Crippen LogP contribution in [0.25, 0.3) is 0 Å². The van der Waals surface area contributed by atoms with Crippen molar-refractivity contribution in [2.45, 2.75) is 132 Å². The highest BCUT2D eigenvalue weighted by Crippen LogP contribution is 2.76. The summed E-state index contributed by atoms with van der Waals surface area (Å²) in [6.07, 6.45) is 14.5. The SMILES string of the molecule is CC1(C)CC[C@@]2(C)CC[C@]3(C)[C@H]4CCC5=C(CC[C@H](O)C5(C)C)[C@]4(C)CC[C@@]3(C)[C@@H]2C1. The van der Waals surface area contributed by atoms with E-state index in [2.05, 4.69) is 55.4 Å². The van der Waals surface area contributed by atoms with Crippen LogP contribution in [0.15, 0.2) is 11.1 Å². The highest BCUT2D eigenvalue weighted by molar-refractivity contribution is 5.36. The second-order valence-corrected chi connectivity index (χ2v) is 15.2. The minimum absolute atomic E-state index is 0.0260. The van der Waals surface area contributed by atoms with Crippen LogP contribution < -0.4 is 0 Å². The summed E-state index contributed by atoms with van der Waals surface area (Å²) in [5, 5.41) is 10.8. The van der Waals surface area contributed by atoms with E-state index in [4.69, 9.17) is 0 Å².